The standard InChI is InChI=1S/C16H24N2S.C4H6N2/c1-12-5-6-13(2)16(9-12)19(4)18-14-7-8-15(18)11-17(3)10-14;1-2-4-3-5-6-4/h5-6,9,14-15H,4,7-8,10-11H2,1-3H3;2-3,5-6H,1H2. The normalized spacial score (nSPS) is 24.6. The molecule has 3 unspecified atom stereocenters. The van der Waals surface area contributed by atoms with Crippen LogP contribution in [-0.4, -0.2) is 57.5 Å². The van der Waals surface area contributed by atoms with E-state index in [1.807, 2.05) is 6.20 Å². The van der Waals surface area contributed by atoms with Crippen LogP contribution in [0.3, 0.4) is 0 Å². The van der Waals surface area contributed by atoms with Gasteiger partial charge in [-0.1, -0.05) is 35.3 Å². The Morgan fingerprint density at radius 2 is 1.84 bits per heavy atom. The summed E-state index contributed by atoms with van der Waals surface area (Å²) in [4.78, 5) is 3.93. The zero-order chi connectivity index (χ0) is 18.0. The Bertz CT molecular complexity index is 721. The van der Waals surface area contributed by atoms with E-state index in [-0.39, 0.29) is 10.7 Å². The Morgan fingerprint density at radius 1 is 1.20 bits per heavy atom. The fourth-order valence-corrected chi connectivity index (χ4v) is 5.83. The lowest BCUT2D eigenvalue weighted by molar-refractivity contribution is 0.164. The first-order valence-corrected chi connectivity index (χ1v) is 10.3. The highest BCUT2D eigenvalue weighted by Gasteiger charge is 2.40. The van der Waals surface area contributed by atoms with E-state index < -0.39 is 0 Å². The van der Waals surface area contributed by atoms with E-state index in [4.69, 9.17) is 0 Å². The smallest absolute Gasteiger partial charge is 0.0709 e. The van der Waals surface area contributed by atoms with Crippen molar-refractivity contribution in [2.24, 2.45) is 0 Å². The van der Waals surface area contributed by atoms with Gasteiger partial charge in [0.15, 0.2) is 0 Å². The molecule has 4 nitrogen and oxygen atoms in total. The van der Waals surface area contributed by atoms with Gasteiger partial charge in [-0.2, -0.15) is 0 Å². The number of aromatic nitrogens is 2. The van der Waals surface area contributed by atoms with E-state index >= 15 is 0 Å². The second-order valence-corrected chi connectivity index (χ2v) is 8.76. The lowest BCUT2D eigenvalue weighted by atomic mass is 10.2. The molecule has 2 N–H and O–H groups in total. The van der Waals surface area contributed by atoms with E-state index in [0.717, 1.165) is 5.69 Å². The van der Waals surface area contributed by atoms with Gasteiger partial charge in [-0.15, -0.1) is 0 Å². The molecule has 2 saturated heterocycles. The molecule has 0 spiro atoms. The Morgan fingerprint density at radius 3 is 2.32 bits per heavy atom. The number of rotatable bonds is 3. The summed E-state index contributed by atoms with van der Waals surface area (Å²) < 4.78 is 2.71. The van der Waals surface area contributed by atoms with Crippen molar-refractivity contribution in [2.75, 3.05) is 20.1 Å². The monoisotopic (exact) mass is 358 g/mol. The molecule has 0 saturated carbocycles. The number of nitrogens with zero attached hydrogens (tertiary/aromatic N) is 2. The van der Waals surface area contributed by atoms with Gasteiger partial charge >= 0.3 is 0 Å². The Kier molecular flexibility index (Phi) is 5.67. The number of aryl methyl sites for hydroxylation is 2. The summed E-state index contributed by atoms with van der Waals surface area (Å²) in [5.74, 6) is 4.53. The van der Waals surface area contributed by atoms with Crippen molar-refractivity contribution in [3.05, 3.63) is 47.8 Å². The zero-order valence-electron chi connectivity index (χ0n) is 15.6. The van der Waals surface area contributed by atoms with Gasteiger partial charge in [0, 0.05) is 36.3 Å². The van der Waals surface area contributed by atoms with Crippen LogP contribution < -0.4 is 0 Å². The van der Waals surface area contributed by atoms with E-state index in [1.165, 1.54) is 42.0 Å². The number of likely N-dealkylation sites (tertiary alicyclic amines) is 1. The van der Waals surface area contributed by atoms with Gasteiger partial charge in [0.25, 0.3) is 0 Å². The Balaban J connectivity index is 0.000000258. The number of benzene rings is 1. The van der Waals surface area contributed by atoms with Gasteiger partial charge in [-0.05, 0) is 57.0 Å². The van der Waals surface area contributed by atoms with Crippen molar-refractivity contribution in [3.8, 4) is 0 Å². The Labute approximate surface area is 154 Å². The highest BCUT2D eigenvalue weighted by Crippen LogP contribution is 2.43. The van der Waals surface area contributed by atoms with Gasteiger partial charge in [0.1, 0.15) is 0 Å². The molecule has 2 bridgehead atoms. The summed E-state index contributed by atoms with van der Waals surface area (Å²) in [6, 6.07) is 8.21. The number of fused-ring (bicyclic) bond motifs is 2. The maximum Gasteiger partial charge on any atom is 0.0709 e. The summed E-state index contributed by atoms with van der Waals surface area (Å²) in [6.45, 7) is 10.3. The molecule has 25 heavy (non-hydrogen) atoms. The van der Waals surface area contributed by atoms with Crippen LogP contribution in [0.2, 0.25) is 0 Å². The van der Waals surface area contributed by atoms with E-state index in [1.54, 1.807) is 6.08 Å². The van der Waals surface area contributed by atoms with Gasteiger partial charge < -0.3 is 10.00 Å². The number of H-pyrrole nitrogens is 2. The molecule has 2 aliphatic heterocycles. The maximum atomic E-state index is 4.53. The van der Waals surface area contributed by atoms with E-state index in [0.29, 0.717) is 12.1 Å². The lowest BCUT2D eigenvalue weighted by Crippen LogP contribution is -2.49. The number of likely N-dealkylation sites (N-methyl/N-ethyl adjacent to an activating group) is 1. The van der Waals surface area contributed by atoms with Crippen LogP contribution >= 0.6 is 10.7 Å². The van der Waals surface area contributed by atoms with Crippen molar-refractivity contribution >= 4 is 22.6 Å². The predicted octanol–water partition coefficient (Wildman–Crippen LogP) is 4.04. The highest BCUT2D eigenvalue weighted by molar-refractivity contribution is 8.12. The highest BCUT2D eigenvalue weighted by atomic mass is 32.2. The van der Waals surface area contributed by atoms with E-state index in [2.05, 4.69) is 70.9 Å². The molecular weight excluding hydrogens is 328 g/mol. The van der Waals surface area contributed by atoms with Crippen LogP contribution in [-0.2, 0) is 0 Å². The number of hydrogen-bond donors (Lipinski definition) is 2. The zero-order valence-corrected chi connectivity index (χ0v) is 16.4. The quantitative estimate of drug-likeness (QED) is 0.813. The lowest BCUT2D eigenvalue weighted by Gasteiger charge is -2.41. The van der Waals surface area contributed by atoms with Crippen molar-refractivity contribution in [2.45, 2.75) is 43.7 Å². The van der Waals surface area contributed by atoms with Crippen molar-refractivity contribution in [3.63, 3.8) is 0 Å². The second kappa shape index (κ2) is 7.77. The first kappa shape index (κ1) is 18.2. The van der Waals surface area contributed by atoms with Crippen LogP contribution in [0, 0.1) is 13.8 Å². The molecule has 4 rings (SSSR count). The summed E-state index contributed by atoms with van der Waals surface area (Å²) >= 11 is 0. The summed E-state index contributed by atoms with van der Waals surface area (Å²) in [5, 5.41) is 5.52. The van der Waals surface area contributed by atoms with Crippen LogP contribution in [0.25, 0.3) is 6.08 Å². The summed E-state index contributed by atoms with van der Waals surface area (Å²) in [5.41, 5.74) is 3.79. The molecule has 136 valence electrons. The van der Waals surface area contributed by atoms with Crippen molar-refractivity contribution in [1.29, 1.82) is 0 Å². The number of aromatic amines is 2. The van der Waals surface area contributed by atoms with Crippen molar-refractivity contribution < 1.29 is 0 Å². The van der Waals surface area contributed by atoms with Gasteiger partial charge in [-0.3, -0.25) is 5.10 Å². The second-order valence-electron chi connectivity index (χ2n) is 7.17. The number of nitrogens with one attached hydrogen (secondary N) is 2. The number of hydrogen-bond acceptors (Lipinski definition) is 2. The minimum absolute atomic E-state index is 0.00235. The molecule has 0 amide bonds. The van der Waals surface area contributed by atoms with Crippen LogP contribution in [0.1, 0.15) is 29.7 Å². The summed E-state index contributed by atoms with van der Waals surface area (Å²) in [7, 11) is 2.25. The molecule has 2 aliphatic rings. The molecule has 1 aromatic carbocycles. The van der Waals surface area contributed by atoms with E-state index in [9.17, 15) is 0 Å². The third kappa shape index (κ3) is 4.00. The molecule has 3 heterocycles. The molecule has 1 aromatic heterocycles. The number of piperazine rings is 1. The topological polar surface area (TPSA) is 38.1 Å². The fraction of sp³-hybridized carbons (Fsp3) is 0.450. The SMILES string of the molecule is C=Cc1c[nH][nH]1.C=S(c1cc(C)ccc1C)N1C2CCC1CN(C)C2. The van der Waals surface area contributed by atoms with Crippen LogP contribution in [0.15, 0.2) is 35.9 Å². The molecule has 0 aliphatic carbocycles. The predicted molar refractivity (Wildman–Crippen MR) is 110 cm³/mol. The minimum Gasteiger partial charge on any atom is -0.306 e. The largest absolute Gasteiger partial charge is 0.306 e. The first-order chi connectivity index (χ1) is 12.0. The molecule has 3 atom stereocenters. The average molecular weight is 359 g/mol. The van der Waals surface area contributed by atoms with Gasteiger partial charge in [-0.25, -0.2) is 4.31 Å². The van der Waals surface area contributed by atoms with Gasteiger partial charge in [0.05, 0.1) is 5.69 Å². The first-order valence-electron chi connectivity index (χ1n) is 8.92. The minimum atomic E-state index is 0.00235. The van der Waals surface area contributed by atoms with Gasteiger partial charge in [0.2, 0.25) is 0 Å². The fourth-order valence-electron chi connectivity index (χ4n) is 3.78. The maximum absolute atomic E-state index is 4.53. The third-order valence-corrected chi connectivity index (χ3v) is 7.17. The molecular formula is C20H30N4S. The third-order valence-electron chi connectivity index (χ3n) is 5.11. The molecule has 2 aromatic rings. The van der Waals surface area contributed by atoms with Crippen LogP contribution in [0.4, 0.5) is 0 Å². The van der Waals surface area contributed by atoms with Crippen LogP contribution in [0.5, 0.6) is 0 Å². The summed E-state index contributed by atoms with van der Waals surface area (Å²) in [6.07, 6.45) is 6.28. The molecule has 5 heteroatoms. The Hall–Kier alpha value is -1.56. The van der Waals surface area contributed by atoms with Crippen molar-refractivity contribution in [1.82, 2.24) is 19.4 Å². The molecule has 2 fully saturated rings. The average Bonchev–Trinajstić information content (AvgIpc) is 2.80. The molecule has 0 radical (unpaired) electrons.